The topological polar surface area (TPSA) is 74.5 Å². The van der Waals surface area contributed by atoms with Crippen molar-refractivity contribution >= 4 is 17.5 Å². The number of amides is 1. The zero-order valence-electron chi connectivity index (χ0n) is 18.9. The number of carbonyl (C=O) groups excluding carboxylic acids is 1. The average Bonchev–Trinajstić information content (AvgIpc) is 3.27. The van der Waals surface area contributed by atoms with Gasteiger partial charge in [0, 0.05) is 18.0 Å². The number of benzene rings is 1. The molecule has 8 heteroatoms. The molecule has 4 rings (SSSR count). The lowest BCUT2D eigenvalue weighted by Crippen LogP contribution is -2.41. The summed E-state index contributed by atoms with van der Waals surface area (Å²) in [7, 11) is 0. The molecular weight excluding hydrogens is 426 g/mol. The fourth-order valence-electron chi connectivity index (χ4n) is 4.56. The molecule has 2 fully saturated rings. The molecule has 1 aromatic heterocycles. The van der Waals surface area contributed by atoms with Gasteiger partial charge in [-0.2, -0.15) is 4.98 Å². The smallest absolute Gasteiger partial charge is 0.241 e. The van der Waals surface area contributed by atoms with Gasteiger partial charge in [0.25, 0.3) is 0 Å². The third-order valence-electron chi connectivity index (χ3n) is 6.73. The molecule has 3 heterocycles. The van der Waals surface area contributed by atoms with E-state index in [1.54, 1.807) is 0 Å². The van der Waals surface area contributed by atoms with Crippen LogP contribution in [0.25, 0.3) is 11.4 Å². The molecule has 0 saturated carbocycles. The zero-order chi connectivity index (χ0) is 22.3. The second kappa shape index (κ2) is 11.3. The van der Waals surface area contributed by atoms with Crippen molar-refractivity contribution in [3.8, 4) is 11.4 Å². The molecule has 0 spiro atoms. The van der Waals surface area contributed by atoms with Crippen molar-refractivity contribution in [3.63, 3.8) is 0 Å². The summed E-state index contributed by atoms with van der Waals surface area (Å²) in [6, 6.07) is 7.48. The summed E-state index contributed by atoms with van der Waals surface area (Å²) >= 11 is 6.22. The lowest BCUT2D eigenvalue weighted by atomic mass is 9.96. The second-order valence-electron chi connectivity index (χ2n) is 9.21. The molecule has 174 valence electrons. The van der Waals surface area contributed by atoms with Crippen LogP contribution in [0.2, 0.25) is 5.02 Å². The molecule has 2 aromatic rings. The molecule has 2 aliphatic heterocycles. The highest BCUT2D eigenvalue weighted by Crippen LogP contribution is 2.25. The van der Waals surface area contributed by atoms with Crippen LogP contribution in [0.4, 0.5) is 0 Å². The molecule has 2 saturated heterocycles. The number of likely N-dealkylation sites (tertiary alicyclic amines) is 2. The van der Waals surface area contributed by atoms with E-state index in [0.717, 1.165) is 56.9 Å². The maximum absolute atomic E-state index is 12.6. The molecule has 0 radical (unpaired) electrons. The minimum atomic E-state index is 0.100. The molecule has 7 nitrogen and oxygen atoms in total. The summed E-state index contributed by atoms with van der Waals surface area (Å²) in [4.78, 5) is 21.8. The number of halogens is 1. The van der Waals surface area contributed by atoms with E-state index in [2.05, 4.69) is 32.2 Å². The quantitative estimate of drug-likeness (QED) is 0.604. The number of nitrogens with zero attached hydrogens (tertiary/aromatic N) is 4. The predicted octanol–water partition coefficient (Wildman–Crippen LogP) is 3.84. The van der Waals surface area contributed by atoms with Crippen LogP contribution in [-0.2, 0) is 11.3 Å². The molecule has 0 bridgehead atoms. The van der Waals surface area contributed by atoms with Crippen LogP contribution >= 0.6 is 11.6 Å². The molecule has 1 N–H and O–H groups in total. The molecule has 32 heavy (non-hydrogen) atoms. The van der Waals surface area contributed by atoms with E-state index in [4.69, 9.17) is 16.1 Å². The first-order valence-corrected chi connectivity index (χ1v) is 12.3. The highest BCUT2D eigenvalue weighted by molar-refractivity contribution is 6.33. The van der Waals surface area contributed by atoms with Crippen molar-refractivity contribution in [2.75, 3.05) is 39.3 Å². The molecule has 1 amide bonds. The predicted molar refractivity (Wildman–Crippen MR) is 125 cm³/mol. The summed E-state index contributed by atoms with van der Waals surface area (Å²) in [6.07, 6.45) is 5.36. The number of nitrogens with one attached hydrogen (secondary N) is 1. The SMILES string of the molecule is CC1CCN(CCCNC(=O)C2CCN(Cc3nc(-c4ccccc4Cl)no3)CC2)CC1. The fourth-order valence-corrected chi connectivity index (χ4v) is 4.78. The lowest BCUT2D eigenvalue weighted by Gasteiger charge is -2.31. The number of carbonyl (C=O) groups is 1. The first-order valence-electron chi connectivity index (χ1n) is 11.9. The molecular formula is C24H34ClN5O2. The minimum Gasteiger partial charge on any atom is -0.356 e. The third-order valence-corrected chi connectivity index (χ3v) is 7.06. The fraction of sp³-hybridized carbons (Fsp3) is 0.625. The Morgan fingerprint density at radius 2 is 1.84 bits per heavy atom. The van der Waals surface area contributed by atoms with Crippen molar-refractivity contribution in [2.45, 2.75) is 45.6 Å². The van der Waals surface area contributed by atoms with Crippen LogP contribution in [0, 0.1) is 11.8 Å². The van der Waals surface area contributed by atoms with Crippen LogP contribution in [0.1, 0.15) is 44.9 Å². The number of hydrogen-bond donors (Lipinski definition) is 1. The van der Waals surface area contributed by atoms with Gasteiger partial charge in [-0.05, 0) is 82.9 Å². The van der Waals surface area contributed by atoms with Crippen LogP contribution in [0.3, 0.4) is 0 Å². The van der Waals surface area contributed by atoms with Crippen molar-refractivity contribution < 1.29 is 9.32 Å². The standard InChI is InChI=1S/C24H34ClN5O2/c1-18-7-13-29(14-8-18)12-4-11-26-24(31)19-9-15-30(16-10-19)17-22-27-23(28-32-22)20-5-2-3-6-21(20)25/h2-3,5-6,18-19H,4,7-17H2,1H3,(H,26,31). The van der Waals surface area contributed by atoms with Gasteiger partial charge in [-0.15, -0.1) is 0 Å². The van der Waals surface area contributed by atoms with E-state index in [0.29, 0.717) is 23.3 Å². The minimum absolute atomic E-state index is 0.100. The molecule has 2 aliphatic rings. The summed E-state index contributed by atoms with van der Waals surface area (Å²) in [5.41, 5.74) is 0.773. The Morgan fingerprint density at radius 1 is 1.12 bits per heavy atom. The Balaban J connectivity index is 1.14. The van der Waals surface area contributed by atoms with E-state index in [1.807, 2.05) is 24.3 Å². The van der Waals surface area contributed by atoms with Gasteiger partial charge in [0.15, 0.2) is 0 Å². The zero-order valence-corrected chi connectivity index (χ0v) is 19.7. The highest BCUT2D eigenvalue weighted by atomic mass is 35.5. The maximum atomic E-state index is 12.6. The van der Waals surface area contributed by atoms with Gasteiger partial charge < -0.3 is 14.7 Å². The van der Waals surface area contributed by atoms with E-state index in [1.165, 1.54) is 25.9 Å². The number of aromatic nitrogens is 2. The number of piperidine rings is 2. The first-order chi connectivity index (χ1) is 15.6. The number of hydrogen-bond acceptors (Lipinski definition) is 6. The maximum Gasteiger partial charge on any atom is 0.241 e. The average molecular weight is 460 g/mol. The van der Waals surface area contributed by atoms with Gasteiger partial charge in [-0.25, -0.2) is 0 Å². The highest BCUT2D eigenvalue weighted by Gasteiger charge is 2.26. The first kappa shape index (κ1) is 23.2. The largest absolute Gasteiger partial charge is 0.356 e. The van der Waals surface area contributed by atoms with E-state index < -0.39 is 0 Å². The molecule has 0 aliphatic carbocycles. The Bertz CT molecular complexity index is 873. The van der Waals surface area contributed by atoms with Gasteiger partial charge in [0.05, 0.1) is 11.6 Å². The molecule has 0 unspecified atom stereocenters. The van der Waals surface area contributed by atoms with Gasteiger partial charge in [0.2, 0.25) is 17.6 Å². The third kappa shape index (κ3) is 6.30. The Kier molecular flexibility index (Phi) is 8.16. The summed E-state index contributed by atoms with van der Waals surface area (Å²) in [6.45, 7) is 8.91. The van der Waals surface area contributed by atoms with Crippen LogP contribution < -0.4 is 5.32 Å². The molecule has 0 atom stereocenters. The summed E-state index contributed by atoms with van der Waals surface area (Å²) in [5, 5.41) is 7.83. The van der Waals surface area contributed by atoms with E-state index >= 15 is 0 Å². The van der Waals surface area contributed by atoms with Crippen molar-refractivity contribution in [1.29, 1.82) is 0 Å². The van der Waals surface area contributed by atoms with Crippen LogP contribution in [-0.4, -0.2) is 65.1 Å². The Labute approximate surface area is 195 Å². The monoisotopic (exact) mass is 459 g/mol. The molecule has 1 aromatic carbocycles. The van der Waals surface area contributed by atoms with Gasteiger partial charge >= 0.3 is 0 Å². The van der Waals surface area contributed by atoms with Gasteiger partial charge in [-0.1, -0.05) is 35.8 Å². The van der Waals surface area contributed by atoms with Crippen molar-refractivity contribution in [2.24, 2.45) is 11.8 Å². The Morgan fingerprint density at radius 3 is 2.59 bits per heavy atom. The lowest BCUT2D eigenvalue weighted by molar-refractivity contribution is -0.126. The Hall–Kier alpha value is -1.96. The normalized spacial score (nSPS) is 19.3. The number of rotatable bonds is 8. The van der Waals surface area contributed by atoms with E-state index in [-0.39, 0.29) is 11.8 Å². The summed E-state index contributed by atoms with van der Waals surface area (Å²) < 4.78 is 5.43. The van der Waals surface area contributed by atoms with Crippen molar-refractivity contribution in [3.05, 3.63) is 35.2 Å². The summed E-state index contributed by atoms with van der Waals surface area (Å²) in [5.74, 6) is 2.26. The van der Waals surface area contributed by atoms with E-state index in [9.17, 15) is 4.79 Å². The van der Waals surface area contributed by atoms with Gasteiger partial charge in [-0.3, -0.25) is 9.69 Å². The van der Waals surface area contributed by atoms with Crippen LogP contribution in [0.5, 0.6) is 0 Å². The van der Waals surface area contributed by atoms with Crippen molar-refractivity contribution in [1.82, 2.24) is 25.3 Å². The van der Waals surface area contributed by atoms with Crippen LogP contribution in [0.15, 0.2) is 28.8 Å². The van der Waals surface area contributed by atoms with Gasteiger partial charge in [0.1, 0.15) is 0 Å². The second-order valence-corrected chi connectivity index (χ2v) is 9.62.